The Kier molecular flexibility index (Phi) is 3.30. The Bertz CT molecular complexity index is 187. The zero-order valence-corrected chi connectivity index (χ0v) is 9.58. The van der Waals surface area contributed by atoms with Crippen molar-refractivity contribution in [2.24, 2.45) is 0 Å². The van der Waals surface area contributed by atoms with Crippen LogP contribution in [-0.4, -0.2) is 38.0 Å². The molecule has 15 heavy (non-hydrogen) atoms. The van der Waals surface area contributed by atoms with Crippen molar-refractivity contribution >= 4 is 0 Å². The number of unbranched alkanes of at least 4 members (excludes halogenated alkanes) is 2. The van der Waals surface area contributed by atoms with Crippen LogP contribution < -0.4 is 0 Å². The summed E-state index contributed by atoms with van der Waals surface area (Å²) in [6.07, 6.45) is 3.27. The van der Waals surface area contributed by atoms with E-state index in [2.05, 4.69) is 0 Å². The third-order valence-electron chi connectivity index (χ3n) is 2.71. The molecule has 0 spiro atoms. The van der Waals surface area contributed by atoms with Crippen LogP contribution in [0.2, 0.25) is 0 Å². The van der Waals surface area contributed by atoms with E-state index in [1.165, 1.54) is 0 Å². The fourth-order valence-electron chi connectivity index (χ4n) is 1.33. The monoisotopic (exact) mass is 216 g/mol. The standard InChI is InChI=1S/C11H20O4/c1-10(8-14-10)12-6-4-3-5-7-13-11(2)9-15-11/h3-9H2,1-2H3. The molecule has 2 aliphatic rings. The van der Waals surface area contributed by atoms with Crippen LogP contribution in [0.1, 0.15) is 33.1 Å². The molecule has 2 aliphatic heterocycles. The molecule has 2 fully saturated rings. The van der Waals surface area contributed by atoms with Crippen LogP contribution in [-0.2, 0) is 18.9 Å². The van der Waals surface area contributed by atoms with E-state index in [4.69, 9.17) is 18.9 Å². The maximum atomic E-state index is 5.51. The fraction of sp³-hybridized carbons (Fsp3) is 1.00. The highest BCUT2D eigenvalue weighted by Crippen LogP contribution is 2.28. The Morgan fingerprint density at radius 2 is 1.27 bits per heavy atom. The minimum atomic E-state index is -0.258. The second-order valence-corrected chi connectivity index (χ2v) is 4.60. The molecule has 0 bridgehead atoms. The van der Waals surface area contributed by atoms with Gasteiger partial charge in [-0.1, -0.05) is 0 Å². The van der Waals surface area contributed by atoms with E-state index in [1.807, 2.05) is 13.8 Å². The molecule has 0 aromatic heterocycles. The summed E-state index contributed by atoms with van der Waals surface area (Å²) in [7, 11) is 0. The maximum absolute atomic E-state index is 5.51. The third-order valence-corrected chi connectivity index (χ3v) is 2.71. The summed E-state index contributed by atoms with van der Waals surface area (Å²) in [6, 6.07) is 0. The number of rotatable bonds is 8. The Hall–Kier alpha value is -0.160. The van der Waals surface area contributed by atoms with Crippen molar-refractivity contribution in [3.8, 4) is 0 Å². The fourth-order valence-corrected chi connectivity index (χ4v) is 1.33. The predicted molar refractivity (Wildman–Crippen MR) is 54.5 cm³/mol. The van der Waals surface area contributed by atoms with Gasteiger partial charge < -0.3 is 18.9 Å². The lowest BCUT2D eigenvalue weighted by Gasteiger charge is -2.08. The largest absolute Gasteiger partial charge is 0.348 e. The molecule has 0 aromatic carbocycles. The first-order valence-electron chi connectivity index (χ1n) is 5.68. The van der Waals surface area contributed by atoms with Gasteiger partial charge in [0.1, 0.15) is 13.2 Å². The van der Waals surface area contributed by atoms with Gasteiger partial charge in [0.05, 0.1) is 13.2 Å². The molecule has 2 unspecified atom stereocenters. The van der Waals surface area contributed by atoms with Gasteiger partial charge in [-0.2, -0.15) is 0 Å². The average molecular weight is 216 g/mol. The van der Waals surface area contributed by atoms with E-state index in [1.54, 1.807) is 0 Å². The van der Waals surface area contributed by atoms with Crippen molar-refractivity contribution in [2.45, 2.75) is 44.7 Å². The van der Waals surface area contributed by atoms with Gasteiger partial charge in [0.15, 0.2) is 11.6 Å². The normalized spacial score (nSPS) is 38.0. The Balaban J connectivity index is 1.36. The van der Waals surface area contributed by atoms with Gasteiger partial charge in [0.2, 0.25) is 0 Å². The number of hydrogen-bond donors (Lipinski definition) is 0. The smallest absolute Gasteiger partial charge is 0.189 e. The molecular weight excluding hydrogens is 196 g/mol. The summed E-state index contributed by atoms with van der Waals surface area (Å²) in [5, 5.41) is 0. The van der Waals surface area contributed by atoms with E-state index in [9.17, 15) is 0 Å². The molecular formula is C11H20O4. The number of epoxide rings is 2. The first-order valence-corrected chi connectivity index (χ1v) is 5.68. The quantitative estimate of drug-likeness (QED) is 0.457. The first-order chi connectivity index (χ1) is 7.12. The summed E-state index contributed by atoms with van der Waals surface area (Å²) in [5.74, 6) is -0.516. The molecule has 88 valence electrons. The minimum absolute atomic E-state index is 0.258. The van der Waals surface area contributed by atoms with Crippen molar-refractivity contribution < 1.29 is 18.9 Å². The molecule has 0 aromatic rings. The summed E-state index contributed by atoms with van der Waals surface area (Å²) in [6.45, 7) is 6.99. The van der Waals surface area contributed by atoms with Gasteiger partial charge in [-0.3, -0.25) is 0 Å². The Morgan fingerprint density at radius 3 is 1.60 bits per heavy atom. The molecule has 2 heterocycles. The molecule has 0 N–H and O–H groups in total. The lowest BCUT2D eigenvalue weighted by Crippen LogP contribution is -2.13. The van der Waals surface area contributed by atoms with E-state index >= 15 is 0 Å². The van der Waals surface area contributed by atoms with Gasteiger partial charge in [0.25, 0.3) is 0 Å². The molecule has 0 saturated carbocycles. The van der Waals surface area contributed by atoms with E-state index in [0.717, 1.165) is 45.7 Å². The van der Waals surface area contributed by atoms with Crippen LogP contribution in [0.25, 0.3) is 0 Å². The molecule has 0 amide bonds. The lowest BCUT2D eigenvalue weighted by atomic mass is 10.2. The van der Waals surface area contributed by atoms with Gasteiger partial charge in [-0.05, 0) is 33.1 Å². The van der Waals surface area contributed by atoms with Crippen LogP contribution in [0.3, 0.4) is 0 Å². The first kappa shape index (κ1) is 11.3. The summed E-state index contributed by atoms with van der Waals surface area (Å²) < 4.78 is 21.3. The molecule has 0 radical (unpaired) electrons. The summed E-state index contributed by atoms with van der Waals surface area (Å²) >= 11 is 0. The second kappa shape index (κ2) is 4.37. The molecule has 2 atom stereocenters. The molecule has 4 nitrogen and oxygen atoms in total. The zero-order valence-electron chi connectivity index (χ0n) is 9.58. The van der Waals surface area contributed by atoms with Crippen LogP contribution in [0.4, 0.5) is 0 Å². The van der Waals surface area contributed by atoms with Gasteiger partial charge >= 0.3 is 0 Å². The Morgan fingerprint density at radius 1 is 0.867 bits per heavy atom. The van der Waals surface area contributed by atoms with Crippen molar-refractivity contribution in [3.05, 3.63) is 0 Å². The maximum Gasteiger partial charge on any atom is 0.189 e. The topological polar surface area (TPSA) is 43.5 Å². The predicted octanol–water partition coefficient (Wildman–Crippen LogP) is 1.68. The summed E-state index contributed by atoms with van der Waals surface area (Å²) in [5.41, 5.74) is 0. The van der Waals surface area contributed by atoms with Crippen LogP contribution in [0, 0.1) is 0 Å². The highest BCUT2D eigenvalue weighted by Gasteiger charge is 2.41. The Labute approximate surface area is 90.8 Å². The number of hydrogen-bond acceptors (Lipinski definition) is 4. The molecule has 2 saturated heterocycles. The van der Waals surface area contributed by atoms with E-state index in [-0.39, 0.29) is 11.6 Å². The van der Waals surface area contributed by atoms with Crippen LogP contribution in [0.5, 0.6) is 0 Å². The molecule has 4 heteroatoms. The van der Waals surface area contributed by atoms with Gasteiger partial charge in [-0.15, -0.1) is 0 Å². The average Bonchev–Trinajstić information content (AvgIpc) is 3.08. The van der Waals surface area contributed by atoms with Crippen molar-refractivity contribution in [1.29, 1.82) is 0 Å². The SMILES string of the molecule is CC1(OCCCCCOC2(C)CO2)CO1. The molecule has 2 rings (SSSR count). The third kappa shape index (κ3) is 4.07. The van der Waals surface area contributed by atoms with Crippen LogP contribution >= 0.6 is 0 Å². The van der Waals surface area contributed by atoms with Gasteiger partial charge in [-0.25, -0.2) is 0 Å². The van der Waals surface area contributed by atoms with Crippen molar-refractivity contribution in [1.82, 2.24) is 0 Å². The minimum Gasteiger partial charge on any atom is -0.348 e. The van der Waals surface area contributed by atoms with Crippen LogP contribution in [0.15, 0.2) is 0 Å². The van der Waals surface area contributed by atoms with E-state index in [0.29, 0.717) is 0 Å². The highest BCUT2D eigenvalue weighted by atomic mass is 16.8. The number of ether oxygens (including phenoxy) is 4. The van der Waals surface area contributed by atoms with Crippen molar-refractivity contribution in [2.75, 3.05) is 26.4 Å². The molecule has 0 aliphatic carbocycles. The van der Waals surface area contributed by atoms with Gasteiger partial charge in [0, 0.05) is 0 Å². The zero-order chi connectivity index (χ0) is 10.8. The van der Waals surface area contributed by atoms with E-state index < -0.39 is 0 Å². The highest BCUT2D eigenvalue weighted by molar-refractivity contribution is 4.75. The summed E-state index contributed by atoms with van der Waals surface area (Å²) in [4.78, 5) is 0. The second-order valence-electron chi connectivity index (χ2n) is 4.60. The lowest BCUT2D eigenvalue weighted by molar-refractivity contribution is -0.0382. The van der Waals surface area contributed by atoms with Crippen molar-refractivity contribution in [3.63, 3.8) is 0 Å².